The Bertz CT molecular complexity index is 597. The van der Waals surface area contributed by atoms with E-state index in [1.54, 1.807) is 13.2 Å². The van der Waals surface area contributed by atoms with Crippen LogP contribution in [0.1, 0.15) is 37.7 Å². The SMILES string of the molecule is COc1cccc(/C=C/C(=O)N(C)C2NCCC3CCCCC32)c1. The summed E-state index contributed by atoms with van der Waals surface area (Å²) in [7, 11) is 3.57. The summed E-state index contributed by atoms with van der Waals surface area (Å²) in [5.41, 5.74) is 0.975. The van der Waals surface area contributed by atoms with Crippen LogP contribution in [0.4, 0.5) is 0 Å². The molecule has 0 spiro atoms. The minimum atomic E-state index is 0.0570. The smallest absolute Gasteiger partial charge is 0.247 e. The number of benzene rings is 1. The van der Waals surface area contributed by atoms with Crippen molar-refractivity contribution < 1.29 is 9.53 Å². The fourth-order valence-electron chi connectivity index (χ4n) is 4.17. The molecular formula is C20H28N2O2. The molecule has 4 nitrogen and oxygen atoms in total. The molecule has 24 heavy (non-hydrogen) atoms. The molecule has 2 fully saturated rings. The van der Waals surface area contributed by atoms with Gasteiger partial charge >= 0.3 is 0 Å². The lowest BCUT2D eigenvalue weighted by Crippen LogP contribution is -2.56. The highest BCUT2D eigenvalue weighted by Crippen LogP contribution is 2.37. The molecule has 0 radical (unpaired) electrons. The Hall–Kier alpha value is -1.81. The molecule has 1 amide bonds. The molecule has 1 N–H and O–H groups in total. The summed E-state index contributed by atoms with van der Waals surface area (Å²) < 4.78 is 5.22. The molecule has 130 valence electrons. The van der Waals surface area contributed by atoms with E-state index in [1.807, 2.05) is 42.3 Å². The van der Waals surface area contributed by atoms with Gasteiger partial charge in [-0.25, -0.2) is 0 Å². The molecule has 1 aromatic rings. The van der Waals surface area contributed by atoms with Crippen molar-refractivity contribution >= 4 is 12.0 Å². The van der Waals surface area contributed by atoms with Crippen molar-refractivity contribution in [3.05, 3.63) is 35.9 Å². The molecular weight excluding hydrogens is 300 g/mol. The van der Waals surface area contributed by atoms with Gasteiger partial charge in [0, 0.05) is 13.1 Å². The fraction of sp³-hybridized carbons (Fsp3) is 0.550. The van der Waals surface area contributed by atoms with E-state index in [1.165, 1.54) is 32.1 Å². The van der Waals surface area contributed by atoms with Gasteiger partial charge in [-0.3, -0.25) is 10.1 Å². The number of methoxy groups -OCH3 is 1. The van der Waals surface area contributed by atoms with Crippen molar-refractivity contribution in [1.29, 1.82) is 0 Å². The summed E-state index contributed by atoms with van der Waals surface area (Å²) in [5, 5.41) is 3.57. The minimum Gasteiger partial charge on any atom is -0.497 e. The van der Waals surface area contributed by atoms with Crippen LogP contribution in [0, 0.1) is 11.8 Å². The van der Waals surface area contributed by atoms with Gasteiger partial charge in [-0.2, -0.15) is 0 Å². The van der Waals surface area contributed by atoms with Gasteiger partial charge in [0.2, 0.25) is 5.91 Å². The summed E-state index contributed by atoms with van der Waals surface area (Å²) >= 11 is 0. The van der Waals surface area contributed by atoms with Crippen LogP contribution in [0.25, 0.3) is 6.08 Å². The van der Waals surface area contributed by atoms with Crippen molar-refractivity contribution in [2.75, 3.05) is 20.7 Å². The number of carbonyl (C=O) groups is 1. The number of nitrogens with zero attached hydrogens (tertiary/aromatic N) is 1. The number of likely N-dealkylation sites (N-methyl/N-ethyl adjacent to an activating group) is 1. The van der Waals surface area contributed by atoms with E-state index in [-0.39, 0.29) is 12.1 Å². The Morgan fingerprint density at radius 1 is 1.29 bits per heavy atom. The zero-order valence-corrected chi connectivity index (χ0v) is 14.7. The number of ether oxygens (including phenoxy) is 1. The highest BCUT2D eigenvalue weighted by molar-refractivity contribution is 5.91. The van der Waals surface area contributed by atoms with Gasteiger partial charge in [0.1, 0.15) is 5.75 Å². The Morgan fingerprint density at radius 2 is 2.12 bits per heavy atom. The van der Waals surface area contributed by atoms with E-state index in [4.69, 9.17) is 4.74 Å². The number of hydrogen-bond acceptors (Lipinski definition) is 3. The lowest BCUT2D eigenvalue weighted by molar-refractivity contribution is -0.130. The Morgan fingerprint density at radius 3 is 2.96 bits per heavy atom. The van der Waals surface area contributed by atoms with Gasteiger partial charge in [-0.1, -0.05) is 31.4 Å². The molecule has 0 aromatic heterocycles. The second-order valence-corrected chi connectivity index (χ2v) is 6.96. The van der Waals surface area contributed by atoms with Gasteiger partial charge in [0.25, 0.3) is 0 Å². The van der Waals surface area contributed by atoms with Crippen molar-refractivity contribution in [2.24, 2.45) is 11.8 Å². The number of piperidine rings is 1. The van der Waals surface area contributed by atoms with Crippen molar-refractivity contribution in [3.8, 4) is 5.75 Å². The van der Waals surface area contributed by atoms with E-state index >= 15 is 0 Å². The predicted octanol–water partition coefficient (Wildman–Crippen LogP) is 3.29. The van der Waals surface area contributed by atoms with E-state index in [2.05, 4.69) is 5.32 Å². The van der Waals surface area contributed by atoms with Crippen molar-refractivity contribution in [1.82, 2.24) is 10.2 Å². The number of fused-ring (bicyclic) bond motifs is 1. The van der Waals surface area contributed by atoms with Gasteiger partial charge in [-0.05, 0) is 55.0 Å². The molecule has 2 aliphatic rings. The average molecular weight is 328 g/mol. The van der Waals surface area contributed by atoms with Crippen molar-refractivity contribution in [2.45, 2.75) is 38.3 Å². The van der Waals surface area contributed by atoms with Crippen LogP contribution in [-0.4, -0.2) is 37.7 Å². The lowest BCUT2D eigenvalue weighted by Gasteiger charge is -2.45. The van der Waals surface area contributed by atoms with Crippen molar-refractivity contribution in [3.63, 3.8) is 0 Å². The van der Waals surface area contributed by atoms with Crippen LogP contribution in [0.15, 0.2) is 30.3 Å². The molecule has 0 bridgehead atoms. The first-order chi connectivity index (χ1) is 11.7. The largest absolute Gasteiger partial charge is 0.497 e. The normalized spacial score (nSPS) is 26.8. The third kappa shape index (κ3) is 3.81. The van der Waals surface area contributed by atoms with Crippen LogP contribution in [0.2, 0.25) is 0 Å². The maximum absolute atomic E-state index is 12.6. The molecule has 4 heteroatoms. The third-order valence-corrected chi connectivity index (χ3v) is 5.52. The highest BCUT2D eigenvalue weighted by atomic mass is 16.5. The zero-order valence-electron chi connectivity index (χ0n) is 14.7. The zero-order chi connectivity index (χ0) is 16.9. The molecule has 1 aliphatic carbocycles. The first-order valence-corrected chi connectivity index (χ1v) is 9.01. The van der Waals surface area contributed by atoms with Crippen LogP contribution in [0.5, 0.6) is 5.75 Å². The summed E-state index contributed by atoms with van der Waals surface area (Å²) in [4.78, 5) is 14.5. The third-order valence-electron chi connectivity index (χ3n) is 5.52. The number of hydrogen-bond donors (Lipinski definition) is 1. The number of nitrogens with one attached hydrogen (secondary N) is 1. The molecule has 1 aromatic carbocycles. The second-order valence-electron chi connectivity index (χ2n) is 6.96. The monoisotopic (exact) mass is 328 g/mol. The first kappa shape index (κ1) is 17.0. The Balaban J connectivity index is 1.66. The minimum absolute atomic E-state index is 0.0570. The van der Waals surface area contributed by atoms with Gasteiger partial charge in [0.15, 0.2) is 0 Å². The topological polar surface area (TPSA) is 41.6 Å². The maximum Gasteiger partial charge on any atom is 0.247 e. The highest BCUT2D eigenvalue weighted by Gasteiger charge is 2.37. The number of amides is 1. The first-order valence-electron chi connectivity index (χ1n) is 9.01. The van der Waals surface area contributed by atoms with E-state index in [0.29, 0.717) is 5.92 Å². The van der Waals surface area contributed by atoms with Gasteiger partial charge in [0.05, 0.1) is 13.3 Å². The molecule has 1 aliphatic heterocycles. The molecule has 3 unspecified atom stereocenters. The van der Waals surface area contributed by atoms with Gasteiger partial charge in [-0.15, -0.1) is 0 Å². The van der Waals surface area contributed by atoms with Crippen LogP contribution >= 0.6 is 0 Å². The fourth-order valence-corrected chi connectivity index (χ4v) is 4.17. The average Bonchev–Trinajstić information content (AvgIpc) is 2.65. The number of carbonyl (C=O) groups excluding carboxylic acids is 1. The quantitative estimate of drug-likeness (QED) is 0.862. The Labute approximate surface area is 144 Å². The molecule has 1 saturated heterocycles. The van der Waals surface area contributed by atoms with E-state index in [9.17, 15) is 4.79 Å². The second kappa shape index (κ2) is 7.84. The summed E-state index contributed by atoms with van der Waals surface area (Å²) in [6, 6.07) is 7.74. The maximum atomic E-state index is 12.6. The van der Waals surface area contributed by atoms with Gasteiger partial charge < -0.3 is 9.64 Å². The summed E-state index contributed by atoms with van der Waals surface area (Å²) in [6.45, 7) is 1.02. The predicted molar refractivity (Wildman–Crippen MR) is 96.7 cm³/mol. The van der Waals surface area contributed by atoms with Crippen LogP contribution in [0.3, 0.4) is 0 Å². The molecule has 3 rings (SSSR count). The van der Waals surface area contributed by atoms with Crippen LogP contribution < -0.4 is 10.1 Å². The standard InChI is InChI=1S/C20H28N2O2/c1-22(20-18-9-4-3-7-16(18)12-13-21-20)19(23)11-10-15-6-5-8-17(14-15)24-2/h5-6,8,10-11,14,16,18,20-21H,3-4,7,9,12-13H2,1-2H3/b11-10+. The summed E-state index contributed by atoms with van der Waals surface area (Å²) in [5.74, 6) is 2.24. The number of rotatable bonds is 4. The summed E-state index contributed by atoms with van der Waals surface area (Å²) in [6.07, 6.45) is 10.2. The molecule has 3 atom stereocenters. The molecule has 1 heterocycles. The van der Waals surface area contributed by atoms with E-state index < -0.39 is 0 Å². The lowest BCUT2D eigenvalue weighted by atomic mass is 9.73. The Kier molecular flexibility index (Phi) is 5.56. The van der Waals surface area contributed by atoms with Crippen LogP contribution in [-0.2, 0) is 4.79 Å². The van der Waals surface area contributed by atoms with E-state index in [0.717, 1.165) is 23.8 Å². The molecule has 1 saturated carbocycles.